The van der Waals surface area contributed by atoms with Crippen LogP contribution in [0.2, 0.25) is 0 Å². The highest BCUT2D eigenvalue weighted by Gasteiger charge is 2.30. The zero-order valence-corrected chi connectivity index (χ0v) is 10.9. The van der Waals surface area contributed by atoms with E-state index in [1.807, 2.05) is 0 Å². The first-order valence-electron chi connectivity index (χ1n) is 6.27. The third-order valence-electron chi connectivity index (χ3n) is 4.12. The summed E-state index contributed by atoms with van der Waals surface area (Å²) in [6.07, 6.45) is 9.35. The van der Waals surface area contributed by atoms with Gasteiger partial charge < -0.3 is 5.32 Å². The molecule has 0 aromatic rings. The van der Waals surface area contributed by atoms with Gasteiger partial charge in [0.2, 0.25) is 0 Å². The number of rotatable bonds is 3. The van der Waals surface area contributed by atoms with E-state index < -0.39 is 0 Å². The van der Waals surface area contributed by atoms with E-state index >= 15 is 0 Å². The van der Waals surface area contributed by atoms with Gasteiger partial charge in [-0.25, -0.2) is 0 Å². The Hall–Kier alpha value is 0.270. The van der Waals surface area contributed by atoms with Gasteiger partial charge in [0.25, 0.3) is 0 Å². The second kappa shape index (κ2) is 5.55. The normalized spacial score (nSPS) is 38.4. The van der Waals surface area contributed by atoms with Crippen molar-refractivity contribution in [2.75, 3.05) is 26.4 Å². The van der Waals surface area contributed by atoms with Crippen LogP contribution in [0.5, 0.6) is 0 Å². The molecule has 2 rings (SSSR count). The van der Waals surface area contributed by atoms with Crippen LogP contribution in [0.25, 0.3) is 0 Å². The molecular formula is C12H24N2S. The van der Waals surface area contributed by atoms with Crippen LogP contribution in [0.1, 0.15) is 32.1 Å². The molecule has 0 amide bonds. The van der Waals surface area contributed by atoms with Crippen molar-refractivity contribution in [2.24, 2.45) is 0 Å². The molecule has 2 fully saturated rings. The molecule has 1 aliphatic heterocycles. The van der Waals surface area contributed by atoms with Crippen LogP contribution in [0, 0.1) is 0 Å². The third kappa shape index (κ3) is 2.89. The number of thioether (sulfide) groups is 1. The fourth-order valence-electron chi connectivity index (χ4n) is 3.00. The Labute approximate surface area is 98.2 Å². The molecule has 0 bridgehead atoms. The van der Waals surface area contributed by atoms with Gasteiger partial charge in [-0.3, -0.25) is 4.90 Å². The lowest BCUT2D eigenvalue weighted by atomic mass is 9.94. The standard InChI is InChI=1S/C12H24N2S/c1-13-10-7-8-14(9-10)11-3-5-12(15-2)6-4-11/h10-13H,3-9H2,1-2H3. The van der Waals surface area contributed by atoms with Crippen molar-refractivity contribution >= 4 is 11.8 Å². The maximum atomic E-state index is 3.41. The fraction of sp³-hybridized carbons (Fsp3) is 1.00. The molecule has 15 heavy (non-hydrogen) atoms. The average molecular weight is 228 g/mol. The predicted octanol–water partition coefficient (Wildman–Crippen LogP) is 1.95. The number of hydrogen-bond acceptors (Lipinski definition) is 3. The smallest absolute Gasteiger partial charge is 0.0204 e. The Balaban J connectivity index is 1.76. The molecule has 1 aliphatic carbocycles. The number of hydrogen-bond donors (Lipinski definition) is 1. The van der Waals surface area contributed by atoms with Gasteiger partial charge in [0.15, 0.2) is 0 Å². The first kappa shape index (κ1) is 11.7. The van der Waals surface area contributed by atoms with Gasteiger partial charge in [-0.2, -0.15) is 11.8 Å². The molecule has 0 spiro atoms. The number of likely N-dealkylation sites (tertiary alicyclic amines) is 1. The zero-order valence-electron chi connectivity index (χ0n) is 10.0. The van der Waals surface area contributed by atoms with Gasteiger partial charge in [0.05, 0.1) is 0 Å². The second-order valence-electron chi connectivity index (χ2n) is 4.94. The SMILES string of the molecule is CNC1CCN(C2CCC(SC)CC2)C1. The van der Waals surface area contributed by atoms with E-state index in [9.17, 15) is 0 Å². The zero-order chi connectivity index (χ0) is 10.7. The van der Waals surface area contributed by atoms with E-state index in [2.05, 4.69) is 35.3 Å². The number of nitrogens with zero attached hydrogens (tertiary/aromatic N) is 1. The van der Waals surface area contributed by atoms with Crippen LogP contribution < -0.4 is 5.32 Å². The molecule has 1 unspecified atom stereocenters. The van der Waals surface area contributed by atoms with E-state index in [1.165, 1.54) is 45.2 Å². The van der Waals surface area contributed by atoms with E-state index in [1.54, 1.807) is 0 Å². The summed E-state index contributed by atoms with van der Waals surface area (Å²) in [6, 6.07) is 1.65. The molecular weight excluding hydrogens is 204 g/mol. The first-order chi connectivity index (χ1) is 7.33. The molecule has 3 heteroatoms. The molecule has 1 atom stereocenters. The van der Waals surface area contributed by atoms with Gasteiger partial charge in [-0.15, -0.1) is 0 Å². The lowest BCUT2D eigenvalue weighted by Crippen LogP contribution is -2.39. The summed E-state index contributed by atoms with van der Waals surface area (Å²) in [6.45, 7) is 2.60. The Morgan fingerprint density at radius 3 is 2.40 bits per heavy atom. The quantitative estimate of drug-likeness (QED) is 0.795. The van der Waals surface area contributed by atoms with E-state index in [0.29, 0.717) is 0 Å². The third-order valence-corrected chi connectivity index (χ3v) is 5.26. The molecule has 0 aromatic heterocycles. The van der Waals surface area contributed by atoms with Crippen LogP contribution in [0.4, 0.5) is 0 Å². The Morgan fingerprint density at radius 1 is 1.13 bits per heavy atom. The van der Waals surface area contributed by atoms with Gasteiger partial charge in [0.1, 0.15) is 0 Å². The van der Waals surface area contributed by atoms with Gasteiger partial charge in [0, 0.05) is 30.4 Å². The van der Waals surface area contributed by atoms with Gasteiger partial charge in [-0.05, 0) is 45.4 Å². The van der Waals surface area contributed by atoms with Crippen molar-refractivity contribution in [1.82, 2.24) is 10.2 Å². The van der Waals surface area contributed by atoms with Crippen LogP contribution in [-0.2, 0) is 0 Å². The molecule has 2 aliphatic rings. The topological polar surface area (TPSA) is 15.3 Å². The highest BCUT2D eigenvalue weighted by molar-refractivity contribution is 7.99. The lowest BCUT2D eigenvalue weighted by molar-refractivity contribution is 0.190. The minimum absolute atomic E-state index is 0.753. The largest absolute Gasteiger partial charge is 0.316 e. The van der Waals surface area contributed by atoms with Crippen molar-refractivity contribution in [1.29, 1.82) is 0 Å². The molecule has 0 radical (unpaired) electrons. The Bertz CT molecular complexity index is 190. The van der Waals surface area contributed by atoms with E-state index in [0.717, 1.165) is 17.3 Å². The highest BCUT2D eigenvalue weighted by atomic mass is 32.2. The summed E-state index contributed by atoms with van der Waals surface area (Å²) >= 11 is 2.06. The molecule has 2 nitrogen and oxygen atoms in total. The van der Waals surface area contributed by atoms with Crippen molar-refractivity contribution in [3.63, 3.8) is 0 Å². The van der Waals surface area contributed by atoms with Crippen LogP contribution in [0.15, 0.2) is 0 Å². The van der Waals surface area contributed by atoms with E-state index in [4.69, 9.17) is 0 Å². The monoisotopic (exact) mass is 228 g/mol. The minimum Gasteiger partial charge on any atom is -0.316 e. The van der Waals surface area contributed by atoms with Crippen LogP contribution in [0.3, 0.4) is 0 Å². The van der Waals surface area contributed by atoms with Gasteiger partial charge in [-0.1, -0.05) is 0 Å². The highest BCUT2D eigenvalue weighted by Crippen LogP contribution is 2.30. The molecule has 1 heterocycles. The summed E-state index contributed by atoms with van der Waals surface area (Å²) in [5.41, 5.74) is 0. The molecule has 0 aromatic carbocycles. The van der Waals surface area contributed by atoms with Crippen LogP contribution >= 0.6 is 11.8 Å². The second-order valence-corrected chi connectivity index (χ2v) is 6.07. The average Bonchev–Trinajstić information content (AvgIpc) is 2.78. The molecule has 88 valence electrons. The summed E-state index contributed by atoms with van der Waals surface area (Å²) in [5, 5.41) is 4.36. The summed E-state index contributed by atoms with van der Waals surface area (Å²) in [7, 11) is 2.10. The molecule has 1 N–H and O–H groups in total. The maximum Gasteiger partial charge on any atom is 0.0204 e. The fourth-order valence-corrected chi connectivity index (χ4v) is 3.74. The van der Waals surface area contributed by atoms with Crippen molar-refractivity contribution in [2.45, 2.75) is 49.4 Å². The van der Waals surface area contributed by atoms with Crippen molar-refractivity contribution < 1.29 is 0 Å². The minimum atomic E-state index is 0.753. The van der Waals surface area contributed by atoms with Gasteiger partial charge >= 0.3 is 0 Å². The Kier molecular flexibility index (Phi) is 4.35. The molecule has 1 saturated carbocycles. The summed E-state index contributed by atoms with van der Waals surface area (Å²) in [4.78, 5) is 2.72. The lowest BCUT2D eigenvalue weighted by Gasteiger charge is -2.34. The maximum absolute atomic E-state index is 3.41. The Morgan fingerprint density at radius 2 is 1.87 bits per heavy atom. The van der Waals surface area contributed by atoms with Crippen LogP contribution in [-0.4, -0.2) is 48.6 Å². The summed E-state index contributed by atoms with van der Waals surface area (Å²) < 4.78 is 0. The predicted molar refractivity (Wildman–Crippen MR) is 68.6 cm³/mol. The first-order valence-corrected chi connectivity index (χ1v) is 7.56. The number of nitrogens with one attached hydrogen (secondary N) is 1. The summed E-state index contributed by atoms with van der Waals surface area (Å²) in [5.74, 6) is 0. The molecule has 1 saturated heterocycles. The van der Waals surface area contributed by atoms with E-state index in [-0.39, 0.29) is 0 Å². The van der Waals surface area contributed by atoms with Crippen molar-refractivity contribution in [3.05, 3.63) is 0 Å². The van der Waals surface area contributed by atoms with Crippen molar-refractivity contribution in [3.8, 4) is 0 Å². The number of likely N-dealkylation sites (N-methyl/N-ethyl adjacent to an activating group) is 1.